The Bertz CT molecular complexity index is 1100. The van der Waals surface area contributed by atoms with E-state index in [9.17, 15) is 9.90 Å². The molecule has 0 fully saturated rings. The molecule has 166 valence electrons. The Morgan fingerprint density at radius 2 is 1.88 bits per heavy atom. The van der Waals surface area contributed by atoms with Crippen LogP contribution in [0.3, 0.4) is 0 Å². The Hall–Kier alpha value is -3.06. The number of nitrogens with zero attached hydrogens (tertiary/aromatic N) is 1. The van der Waals surface area contributed by atoms with Crippen LogP contribution in [0.2, 0.25) is 10.0 Å². The van der Waals surface area contributed by atoms with Crippen LogP contribution in [0.15, 0.2) is 65.8 Å². The molecule has 0 heterocycles. The van der Waals surface area contributed by atoms with Crippen LogP contribution < -0.4 is 15.5 Å². The van der Waals surface area contributed by atoms with Crippen LogP contribution in [0.4, 0.5) is 0 Å². The van der Waals surface area contributed by atoms with E-state index in [-0.39, 0.29) is 10.8 Å². The molecule has 0 atom stereocenters. The van der Waals surface area contributed by atoms with Crippen LogP contribution in [-0.2, 0) is 6.54 Å². The van der Waals surface area contributed by atoms with Gasteiger partial charge in [0.25, 0.3) is 5.91 Å². The smallest absolute Gasteiger partial charge is 0.271 e. The minimum Gasteiger partial charge on any atom is -0.506 e. The third-order valence-electron chi connectivity index (χ3n) is 4.61. The Balaban J connectivity index is 1.44. The quantitative estimate of drug-likeness (QED) is 0.234. The van der Waals surface area contributed by atoms with Gasteiger partial charge in [0.05, 0.1) is 11.2 Å². The van der Waals surface area contributed by atoms with Gasteiger partial charge in [0.1, 0.15) is 18.1 Å². The lowest BCUT2D eigenvalue weighted by Gasteiger charge is -2.09. The molecular formula is C24H23Cl2N3O3. The lowest BCUT2D eigenvalue weighted by Crippen LogP contribution is -2.20. The monoisotopic (exact) mass is 471 g/mol. The number of ether oxygens (including phenoxy) is 1. The van der Waals surface area contributed by atoms with E-state index in [0.29, 0.717) is 18.7 Å². The number of rotatable bonds is 9. The molecule has 3 N–H and O–H groups in total. The number of aryl methyl sites for hydroxylation is 1. The van der Waals surface area contributed by atoms with Gasteiger partial charge in [0, 0.05) is 23.7 Å². The molecule has 0 aliphatic heterocycles. The average Bonchev–Trinajstić information content (AvgIpc) is 2.78. The summed E-state index contributed by atoms with van der Waals surface area (Å²) in [7, 11) is 0. The highest BCUT2D eigenvalue weighted by molar-refractivity contribution is 6.32. The molecule has 8 heteroatoms. The first-order chi connectivity index (χ1) is 15.4. The highest BCUT2D eigenvalue weighted by atomic mass is 35.5. The molecule has 0 aromatic heterocycles. The van der Waals surface area contributed by atoms with Gasteiger partial charge < -0.3 is 15.2 Å². The van der Waals surface area contributed by atoms with E-state index in [1.807, 2.05) is 49.4 Å². The molecule has 1 amide bonds. The van der Waals surface area contributed by atoms with Crippen molar-refractivity contribution in [2.75, 3.05) is 13.2 Å². The number of phenolic OH excluding ortho intramolecular Hbond substituents is 1. The summed E-state index contributed by atoms with van der Waals surface area (Å²) in [6.07, 6.45) is 1.56. The first-order valence-electron chi connectivity index (χ1n) is 9.93. The molecule has 6 nitrogen and oxygen atoms in total. The Kier molecular flexibility index (Phi) is 8.50. The fourth-order valence-electron chi connectivity index (χ4n) is 2.83. The van der Waals surface area contributed by atoms with Crippen molar-refractivity contribution < 1.29 is 14.6 Å². The van der Waals surface area contributed by atoms with Gasteiger partial charge in [-0.05, 0) is 72.1 Å². The minimum atomic E-state index is -0.424. The number of carbonyl (C=O) groups is 1. The molecule has 0 saturated heterocycles. The third-order valence-corrected chi connectivity index (χ3v) is 5.17. The third kappa shape index (κ3) is 6.99. The van der Waals surface area contributed by atoms with E-state index in [2.05, 4.69) is 15.8 Å². The van der Waals surface area contributed by atoms with Crippen LogP contribution in [0, 0.1) is 6.92 Å². The van der Waals surface area contributed by atoms with Crippen LogP contribution >= 0.6 is 23.2 Å². The van der Waals surface area contributed by atoms with Crippen molar-refractivity contribution in [2.45, 2.75) is 13.5 Å². The predicted octanol–water partition coefficient (Wildman–Crippen LogP) is 4.94. The maximum atomic E-state index is 12.1. The number of hydrogen-bond acceptors (Lipinski definition) is 5. The fourth-order valence-corrected chi connectivity index (χ4v) is 3.14. The maximum absolute atomic E-state index is 12.1. The molecule has 3 aromatic carbocycles. The highest BCUT2D eigenvalue weighted by Crippen LogP contribution is 2.23. The molecule has 0 spiro atoms. The molecule has 32 heavy (non-hydrogen) atoms. The molecule has 3 rings (SSSR count). The van der Waals surface area contributed by atoms with E-state index in [4.69, 9.17) is 27.9 Å². The molecule has 0 saturated carbocycles. The van der Waals surface area contributed by atoms with Crippen LogP contribution in [0.1, 0.15) is 27.0 Å². The first-order valence-corrected chi connectivity index (χ1v) is 10.7. The molecular weight excluding hydrogens is 449 g/mol. The predicted molar refractivity (Wildman–Crippen MR) is 128 cm³/mol. The highest BCUT2D eigenvalue weighted by Gasteiger charge is 2.07. The molecule has 0 radical (unpaired) electrons. The summed E-state index contributed by atoms with van der Waals surface area (Å²) < 4.78 is 5.79. The Labute approximate surface area is 196 Å². The molecule has 0 unspecified atom stereocenters. The van der Waals surface area contributed by atoms with Gasteiger partial charge in [-0.15, -0.1) is 0 Å². The summed E-state index contributed by atoms with van der Waals surface area (Å²) >= 11 is 11.7. The zero-order valence-corrected chi connectivity index (χ0v) is 19.0. The lowest BCUT2D eigenvalue weighted by atomic mass is 10.1. The Morgan fingerprint density at radius 1 is 1.09 bits per heavy atom. The minimum absolute atomic E-state index is 0.0815. The lowest BCUT2D eigenvalue weighted by molar-refractivity contribution is 0.0955. The summed E-state index contributed by atoms with van der Waals surface area (Å²) in [5.41, 5.74) is 5.72. The number of phenols is 1. The number of hydrazone groups is 1. The van der Waals surface area contributed by atoms with Crippen molar-refractivity contribution in [1.29, 1.82) is 0 Å². The first kappa shape index (κ1) is 23.6. The largest absolute Gasteiger partial charge is 0.506 e. The topological polar surface area (TPSA) is 83.0 Å². The van der Waals surface area contributed by atoms with Crippen molar-refractivity contribution in [3.63, 3.8) is 0 Å². The van der Waals surface area contributed by atoms with Gasteiger partial charge in [0.2, 0.25) is 0 Å². The second-order valence-electron chi connectivity index (χ2n) is 7.04. The Morgan fingerprint density at radius 3 is 2.59 bits per heavy atom. The zero-order chi connectivity index (χ0) is 22.9. The number of nitrogens with one attached hydrogen (secondary N) is 2. The van der Waals surface area contributed by atoms with Gasteiger partial charge in [-0.2, -0.15) is 5.10 Å². The van der Waals surface area contributed by atoms with Crippen molar-refractivity contribution in [1.82, 2.24) is 10.7 Å². The normalized spacial score (nSPS) is 11.0. The second-order valence-corrected chi connectivity index (χ2v) is 7.88. The number of benzene rings is 3. The number of halogens is 2. The number of aromatic hydroxyl groups is 1. The molecule has 0 aliphatic carbocycles. The second kappa shape index (κ2) is 11.5. The van der Waals surface area contributed by atoms with E-state index >= 15 is 0 Å². The van der Waals surface area contributed by atoms with Gasteiger partial charge >= 0.3 is 0 Å². The summed E-state index contributed by atoms with van der Waals surface area (Å²) in [5.74, 6) is 0.254. The summed E-state index contributed by atoms with van der Waals surface area (Å²) in [6, 6.07) is 17.6. The van der Waals surface area contributed by atoms with Crippen molar-refractivity contribution in [3.05, 3.63) is 93.0 Å². The maximum Gasteiger partial charge on any atom is 0.271 e. The summed E-state index contributed by atoms with van der Waals surface area (Å²) in [6.45, 7) is 3.93. The fraction of sp³-hybridized carbons (Fsp3) is 0.167. The summed E-state index contributed by atoms with van der Waals surface area (Å²) in [4.78, 5) is 12.1. The van der Waals surface area contributed by atoms with Gasteiger partial charge in [-0.1, -0.05) is 35.3 Å². The number of hydrogen-bond donors (Lipinski definition) is 3. The van der Waals surface area contributed by atoms with Crippen LogP contribution in [0.5, 0.6) is 11.5 Å². The van der Waals surface area contributed by atoms with Crippen LogP contribution in [0.25, 0.3) is 0 Å². The average molecular weight is 472 g/mol. The van der Waals surface area contributed by atoms with Crippen molar-refractivity contribution in [3.8, 4) is 11.5 Å². The molecule has 0 bridgehead atoms. The zero-order valence-electron chi connectivity index (χ0n) is 17.4. The van der Waals surface area contributed by atoms with E-state index < -0.39 is 5.91 Å². The van der Waals surface area contributed by atoms with Crippen LogP contribution in [-0.4, -0.2) is 30.4 Å². The number of amides is 1. The van der Waals surface area contributed by atoms with Gasteiger partial charge in [-0.25, -0.2) is 5.43 Å². The SMILES string of the molecule is Cc1cc(OCCNCc2ccc(Cl)cc2)ccc1/C=N\NC(=O)c1ccc(O)c(Cl)c1. The summed E-state index contributed by atoms with van der Waals surface area (Å²) in [5, 5.41) is 17.6. The van der Waals surface area contributed by atoms with Gasteiger partial charge in [0.15, 0.2) is 0 Å². The van der Waals surface area contributed by atoms with Gasteiger partial charge in [-0.3, -0.25) is 4.79 Å². The van der Waals surface area contributed by atoms with Crippen molar-refractivity contribution in [2.24, 2.45) is 5.10 Å². The standard InChI is InChI=1S/C24H23Cl2N3O3/c1-16-12-21(32-11-10-27-14-17-2-6-20(25)7-3-17)8-4-19(16)15-28-29-24(31)18-5-9-23(30)22(26)13-18/h2-9,12-13,15,27,30H,10-11,14H2,1H3,(H,29,31)/b28-15-. The van der Waals surface area contributed by atoms with Crippen molar-refractivity contribution >= 4 is 35.3 Å². The van der Waals surface area contributed by atoms with E-state index in [1.165, 1.54) is 18.2 Å². The van der Waals surface area contributed by atoms with E-state index in [0.717, 1.165) is 34.0 Å². The van der Waals surface area contributed by atoms with E-state index in [1.54, 1.807) is 6.21 Å². The molecule has 3 aromatic rings. The number of carbonyl (C=O) groups excluding carboxylic acids is 1. The molecule has 0 aliphatic rings.